The second kappa shape index (κ2) is 13.0. The lowest BCUT2D eigenvalue weighted by Crippen LogP contribution is -2.27. The predicted octanol–water partition coefficient (Wildman–Crippen LogP) is 4.24. The molecule has 3 aromatic carbocycles. The molecule has 0 aromatic heterocycles. The first-order valence-corrected chi connectivity index (χ1v) is 11.0. The maximum absolute atomic E-state index is 12.1. The van der Waals surface area contributed by atoms with Crippen LogP contribution in [-0.4, -0.2) is 25.5 Å². The van der Waals surface area contributed by atoms with Crippen molar-refractivity contribution in [1.82, 2.24) is 10.6 Å². The first-order chi connectivity index (χ1) is 16.1. The normalized spacial score (nSPS) is 10.5. The third-order valence-electron chi connectivity index (χ3n) is 5.11. The van der Waals surface area contributed by atoms with Crippen LogP contribution in [0.5, 0.6) is 5.75 Å². The van der Waals surface area contributed by atoms with Crippen LogP contribution in [0.1, 0.15) is 39.9 Å². The molecule has 0 aliphatic rings. The molecule has 0 aliphatic heterocycles. The highest BCUT2D eigenvalue weighted by Gasteiger charge is 2.06. The van der Waals surface area contributed by atoms with Crippen LogP contribution < -0.4 is 15.4 Å². The predicted molar refractivity (Wildman–Crippen MR) is 128 cm³/mol. The van der Waals surface area contributed by atoms with Gasteiger partial charge in [0, 0.05) is 25.1 Å². The summed E-state index contributed by atoms with van der Waals surface area (Å²) in [5, 5.41) is 5.75. The molecule has 172 valence electrons. The van der Waals surface area contributed by atoms with Gasteiger partial charge >= 0.3 is 0 Å². The van der Waals surface area contributed by atoms with Crippen molar-refractivity contribution >= 4 is 11.8 Å². The Labute approximate surface area is 194 Å². The molecule has 6 heteroatoms. The van der Waals surface area contributed by atoms with E-state index in [0.29, 0.717) is 50.5 Å². The molecule has 0 spiro atoms. The molecule has 0 aliphatic carbocycles. The third-order valence-corrected chi connectivity index (χ3v) is 5.11. The molecule has 3 rings (SSSR count). The number of benzene rings is 3. The summed E-state index contributed by atoms with van der Waals surface area (Å²) in [5.41, 5.74) is 3.84. The van der Waals surface area contributed by atoms with Gasteiger partial charge in [-0.1, -0.05) is 54.6 Å². The zero-order chi connectivity index (χ0) is 23.3. The summed E-state index contributed by atoms with van der Waals surface area (Å²) < 4.78 is 10.8. The van der Waals surface area contributed by atoms with Crippen LogP contribution in [0, 0.1) is 0 Å². The smallest absolute Gasteiger partial charge is 0.251 e. The molecule has 2 N–H and O–H groups in total. The van der Waals surface area contributed by atoms with Gasteiger partial charge in [0.05, 0.1) is 20.3 Å². The summed E-state index contributed by atoms with van der Waals surface area (Å²) in [7, 11) is 1.58. The van der Waals surface area contributed by atoms with E-state index in [2.05, 4.69) is 10.6 Å². The van der Waals surface area contributed by atoms with Crippen LogP contribution in [0.4, 0.5) is 0 Å². The van der Waals surface area contributed by atoms with E-state index in [1.807, 2.05) is 54.6 Å². The van der Waals surface area contributed by atoms with Gasteiger partial charge in [0.2, 0.25) is 5.91 Å². The summed E-state index contributed by atoms with van der Waals surface area (Å²) in [5.74, 6) is 0.504. The minimum atomic E-state index is -0.161. The first-order valence-electron chi connectivity index (χ1n) is 11.0. The second-order valence-electron chi connectivity index (χ2n) is 7.66. The molecule has 6 nitrogen and oxygen atoms in total. The van der Waals surface area contributed by atoms with Gasteiger partial charge in [0.1, 0.15) is 5.75 Å². The van der Waals surface area contributed by atoms with Crippen molar-refractivity contribution in [2.24, 2.45) is 0 Å². The van der Waals surface area contributed by atoms with Gasteiger partial charge in [0.15, 0.2) is 0 Å². The number of rotatable bonds is 12. The number of nitrogens with one attached hydrogen (secondary N) is 2. The lowest BCUT2D eigenvalue weighted by atomic mass is 10.1. The maximum atomic E-state index is 12.1. The molecule has 0 unspecified atom stereocenters. The van der Waals surface area contributed by atoms with Crippen molar-refractivity contribution in [3.63, 3.8) is 0 Å². The molecule has 0 saturated carbocycles. The number of methoxy groups -OCH3 is 1. The molecule has 0 heterocycles. The van der Waals surface area contributed by atoms with E-state index in [9.17, 15) is 9.59 Å². The Morgan fingerprint density at radius 1 is 0.758 bits per heavy atom. The number of carbonyl (C=O) groups excluding carboxylic acids is 2. The van der Waals surface area contributed by atoms with Gasteiger partial charge in [-0.2, -0.15) is 0 Å². The van der Waals surface area contributed by atoms with Crippen molar-refractivity contribution in [2.75, 3.05) is 13.7 Å². The minimum Gasteiger partial charge on any atom is -0.497 e. The van der Waals surface area contributed by atoms with Gasteiger partial charge in [-0.3, -0.25) is 9.59 Å². The number of hydrogen-bond acceptors (Lipinski definition) is 4. The highest BCUT2D eigenvalue weighted by atomic mass is 16.5. The van der Waals surface area contributed by atoms with Crippen LogP contribution in [0.25, 0.3) is 0 Å². The topological polar surface area (TPSA) is 76.7 Å². The molecule has 33 heavy (non-hydrogen) atoms. The summed E-state index contributed by atoms with van der Waals surface area (Å²) in [6, 6.07) is 25.0. The van der Waals surface area contributed by atoms with Gasteiger partial charge in [-0.05, 0) is 47.4 Å². The van der Waals surface area contributed by atoms with Crippen molar-refractivity contribution < 1.29 is 19.1 Å². The zero-order valence-electron chi connectivity index (χ0n) is 18.9. The Morgan fingerprint density at radius 2 is 1.39 bits per heavy atom. The van der Waals surface area contributed by atoms with Gasteiger partial charge in [0.25, 0.3) is 5.91 Å². The summed E-state index contributed by atoms with van der Waals surface area (Å²) in [6.45, 7) is 2.04. The van der Waals surface area contributed by atoms with E-state index in [-0.39, 0.29) is 11.8 Å². The van der Waals surface area contributed by atoms with E-state index in [1.165, 1.54) is 0 Å². The van der Waals surface area contributed by atoms with Crippen molar-refractivity contribution in [2.45, 2.75) is 32.6 Å². The Kier molecular flexibility index (Phi) is 9.48. The average molecular weight is 447 g/mol. The molecule has 3 aromatic rings. The van der Waals surface area contributed by atoms with Gasteiger partial charge in [-0.25, -0.2) is 0 Å². The second-order valence-corrected chi connectivity index (χ2v) is 7.66. The monoisotopic (exact) mass is 446 g/mol. The van der Waals surface area contributed by atoms with Crippen molar-refractivity contribution in [3.8, 4) is 5.75 Å². The summed E-state index contributed by atoms with van der Waals surface area (Å²) in [4.78, 5) is 24.2. The van der Waals surface area contributed by atoms with Crippen molar-refractivity contribution in [3.05, 3.63) is 101 Å². The summed E-state index contributed by atoms with van der Waals surface area (Å²) in [6.07, 6.45) is 0.930. The fourth-order valence-electron chi connectivity index (χ4n) is 3.20. The molecular weight excluding hydrogens is 416 g/mol. The highest BCUT2D eigenvalue weighted by Crippen LogP contribution is 2.11. The third kappa shape index (κ3) is 8.43. The molecule has 2 amide bonds. The Bertz CT molecular complexity index is 1000. The first kappa shape index (κ1) is 24.0. The quantitative estimate of drug-likeness (QED) is 0.408. The van der Waals surface area contributed by atoms with Crippen LogP contribution in [0.3, 0.4) is 0 Å². The van der Waals surface area contributed by atoms with E-state index in [1.54, 1.807) is 31.4 Å². The van der Waals surface area contributed by atoms with Crippen LogP contribution in [0.15, 0.2) is 78.9 Å². The van der Waals surface area contributed by atoms with Crippen LogP contribution in [-0.2, 0) is 29.3 Å². The fraction of sp³-hybridized carbons (Fsp3) is 0.259. The van der Waals surface area contributed by atoms with Crippen LogP contribution >= 0.6 is 0 Å². The zero-order valence-corrected chi connectivity index (χ0v) is 18.9. The maximum Gasteiger partial charge on any atom is 0.251 e. The Hall–Kier alpha value is -3.64. The largest absolute Gasteiger partial charge is 0.497 e. The van der Waals surface area contributed by atoms with E-state index < -0.39 is 0 Å². The number of ether oxygens (including phenoxy) is 2. The average Bonchev–Trinajstić information content (AvgIpc) is 2.86. The van der Waals surface area contributed by atoms with E-state index in [0.717, 1.165) is 16.7 Å². The fourth-order valence-corrected chi connectivity index (χ4v) is 3.20. The summed E-state index contributed by atoms with van der Waals surface area (Å²) >= 11 is 0. The lowest BCUT2D eigenvalue weighted by Gasteiger charge is -2.08. The van der Waals surface area contributed by atoms with Gasteiger partial charge in [-0.15, -0.1) is 0 Å². The highest BCUT2D eigenvalue weighted by molar-refractivity contribution is 5.94. The Morgan fingerprint density at radius 3 is 2.06 bits per heavy atom. The molecule has 0 radical (unpaired) electrons. The molecule has 0 saturated heterocycles. The van der Waals surface area contributed by atoms with E-state index in [4.69, 9.17) is 9.47 Å². The lowest BCUT2D eigenvalue weighted by molar-refractivity contribution is -0.121. The minimum absolute atomic E-state index is 0.0380. The number of carbonyl (C=O) groups is 2. The van der Waals surface area contributed by atoms with Crippen molar-refractivity contribution in [1.29, 1.82) is 0 Å². The van der Waals surface area contributed by atoms with Gasteiger partial charge < -0.3 is 20.1 Å². The number of amides is 2. The molecule has 0 fully saturated rings. The molecular formula is C27H30N2O4. The Balaban J connectivity index is 1.28. The molecule has 0 atom stereocenters. The molecule has 0 bridgehead atoms. The standard InChI is InChI=1S/C27H30N2O4/c1-32-25-15-13-24(14-16-25)27(31)28-17-5-8-26(30)29-18-21-9-11-23(12-10-21)20-33-19-22-6-3-2-4-7-22/h2-4,6-7,9-16H,5,8,17-20H2,1H3,(H,28,31)(H,29,30). The van der Waals surface area contributed by atoms with E-state index >= 15 is 0 Å². The van der Waals surface area contributed by atoms with Crippen LogP contribution in [0.2, 0.25) is 0 Å². The SMILES string of the molecule is COc1ccc(C(=O)NCCCC(=O)NCc2ccc(COCc3ccccc3)cc2)cc1. The number of hydrogen-bond donors (Lipinski definition) is 2.